The minimum atomic E-state index is -0.315. The lowest BCUT2D eigenvalue weighted by Gasteiger charge is -2.38. The van der Waals surface area contributed by atoms with E-state index in [9.17, 15) is 14.4 Å². The van der Waals surface area contributed by atoms with E-state index >= 15 is 0 Å². The fraction of sp³-hybridized carbons (Fsp3) is 0.368. The second-order valence-corrected chi connectivity index (χ2v) is 8.10. The van der Waals surface area contributed by atoms with Crippen LogP contribution in [0.1, 0.15) is 25.7 Å². The molecule has 2 aromatic rings. The summed E-state index contributed by atoms with van der Waals surface area (Å²) in [7, 11) is 3.33. The molecule has 0 spiro atoms. The quantitative estimate of drug-likeness (QED) is 0.812. The lowest BCUT2D eigenvalue weighted by atomic mass is 9.98. The number of benzene rings is 1. The summed E-state index contributed by atoms with van der Waals surface area (Å²) in [6, 6.07) is 5.04. The molecule has 0 saturated carbocycles. The van der Waals surface area contributed by atoms with Crippen molar-refractivity contribution in [1.82, 2.24) is 14.8 Å². The van der Waals surface area contributed by atoms with Crippen LogP contribution in [0.5, 0.6) is 11.5 Å². The molecule has 1 aromatic carbocycles. The van der Waals surface area contributed by atoms with Crippen LogP contribution in [0.4, 0.5) is 5.13 Å². The van der Waals surface area contributed by atoms with Crippen molar-refractivity contribution in [2.45, 2.75) is 6.92 Å². The number of nitrogens with one attached hydrogen (secondary N) is 1. The van der Waals surface area contributed by atoms with Crippen molar-refractivity contribution in [3.05, 3.63) is 34.3 Å². The Balaban J connectivity index is 1.34. The number of likely N-dealkylation sites (tertiary alicyclic amines) is 1. The van der Waals surface area contributed by atoms with E-state index < -0.39 is 0 Å². The van der Waals surface area contributed by atoms with E-state index in [1.807, 2.05) is 0 Å². The molecule has 0 radical (unpaired) electrons. The number of nitrogens with zero attached hydrogens (tertiary/aromatic N) is 3. The number of aromatic nitrogens is 1. The zero-order valence-electron chi connectivity index (χ0n) is 16.2. The first-order chi connectivity index (χ1) is 13.8. The molecule has 152 valence electrons. The van der Waals surface area contributed by atoms with Crippen LogP contribution in [0.15, 0.2) is 18.2 Å². The number of hydrogen-bond acceptors (Lipinski definition) is 7. The smallest absolute Gasteiger partial charge is 0.265 e. The molecule has 1 saturated heterocycles. The molecule has 3 amide bonds. The van der Waals surface area contributed by atoms with Crippen LogP contribution < -0.4 is 14.8 Å². The number of carbonyl (C=O) groups is 3. The van der Waals surface area contributed by atoms with Crippen molar-refractivity contribution in [3.8, 4) is 11.5 Å². The van der Waals surface area contributed by atoms with E-state index in [2.05, 4.69) is 10.3 Å². The van der Waals surface area contributed by atoms with Crippen molar-refractivity contribution in [2.24, 2.45) is 5.92 Å². The average molecular weight is 416 g/mol. The third-order valence-electron chi connectivity index (χ3n) is 4.79. The van der Waals surface area contributed by atoms with E-state index in [1.54, 1.807) is 44.1 Å². The van der Waals surface area contributed by atoms with Gasteiger partial charge in [-0.2, -0.15) is 0 Å². The lowest BCUT2D eigenvalue weighted by Crippen LogP contribution is -2.54. The summed E-state index contributed by atoms with van der Waals surface area (Å²) in [5.74, 6) is 0.338. The Kier molecular flexibility index (Phi) is 4.87. The van der Waals surface area contributed by atoms with Crippen molar-refractivity contribution < 1.29 is 23.9 Å². The summed E-state index contributed by atoms with van der Waals surface area (Å²) >= 11 is 1.15. The molecule has 29 heavy (non-hydrogen) atoms. The molecule has 0 unspecified atom stereocenters. The highest BCUT2D eigenvalue weighted by atomic mass is 32.1. The maximum Gasteiger partial charge on any atom is 0.265 e. The second-order valence-electron chi connectivity index (χ2n) is 7.10. The Hall–Kier alpha value is -3.14. The van der Waals surface area contributed by atoms with Crippen LogP contribution >= 0.6 is 11.3 Å². The highest BCUT2D eigenvalue weighted by Crippen LogP contribution is 2.33. The van der Waals surface area contributed by atoms with E-state index in [4.69, 9.17) is 9.47 Å². The standard InChI is InChI=1S/C19H20N4O5S/c1-10-15(18(26)22(2)3)29-19(20-10)21-16(24)12-7-23(8-12)17(25)11-4-5-13-14(6-11)28-9-27-13/h4-6,12H,7-9H2,1-3H3,(H,20,21,24). The summed E-state index contributed by atoms with van der Waals surface area (Å²) in [6.45, 7) is 2.54. The van der Waals surface area contributed by atoms with Gasteiger partial charge in [-0.3, -0.25) is 14.4 Å². The number of hydrogen-bond donors (Lipinski definition) is 1. The molecule has 3 heterocycles. The SMILES string of the molecule is Cc1nc(NC(=O)C2CN(C(=O)c3ccc4c(c3)OCO4)C2)sc1C(=O)N(C)C. The molecule has 0 bridgehead atoms. The van der Waals surface area contributed by atoms with Crippen LogP contribution in [-0.4, -0.2) is 66.5 Å². The zero-order valence-corrected chi connectivity index (χ0v) is 17.0. The second kappa shape index (κ2) is 7.36. The van der Waals surface area contributed by atoms with E-state index in [-0.39, 0.29) is 30.4 Å². The Bertz CT molecular complexity index is 996. The van der Waals surface area contributed by atoms with Gasteiger partial charge in [0.2, 0.25) is 12.7 Å². The molecule has 0 atom stereocenters. The first-order valence-corrected chi connectivity index (χ1v) is 9.84. The van der Waals surface area contributed by atoms with Gasteiger partial charge < -0.3 is 24.6 Å². The Morgan fingerprint density at radius 3 is 2.66 bits per heavy atom. The molecular formula is C19H20N4O5S. The first-order valence-electron chi connectivity index (χ1n) is 9.02. The van der Waals surface area contributed by atoms with Crippen molar-refractivity contribution in [3.63, 3.8) is 0 Å². The third-order valence-corrected chi connectivity index (χ3v) is 5.85. The highest BCUT2D eigenvalue weighted by molar-refractivity contribution is 7.17. The normalized spacial score (nSPS) is 15.1. The fourth-order valence-corrected chi connectivity index (χ4v) is 4.07. The number of carbonyl (C=O) groups excluding carboxylic acids is 3. The number of ether oxygens (including phenoxy) is 2. The van der Waals surface area contributed by atoms with Crippen LogP contribution in [0, 0.1) is 12.8 Å². The number of amides is 3. The van der Waals surface area contributed by atoms with Crippen LogP contribution in [0.25, 0.3) is 0 Å². The molecule has 1 aromatic heterocycles. The fourth-order valence-electron chi connectivity index (χ4n) is 3.08. The van der Waals surface area contributed by atoms with Gasteiger partial charge in [-0.15, -0.1) is 0 Å². The number of aryl methyl sites for hydroxylation is 1. The van der Waals surface area contributed by atoms with Gasteiger partial charge in [0, 0.05) is 32.7 Å². The van der Waals surface area contributed by atoms with Gasteiger partial charge in [-0.25, -0.2) is 4.98 Å². The number of rotatable bonds is 4. The van der Waals surface area contributed by atoms with Crippen LogP contribution in [-0.2, 0) is 4.79 Å². The van der Waals surface area contributed by atoms with Crippen molar-refractivity contribution >= 4 is 34.2 Å². The highest BCUT2D eigenvalue weighted by Gasteiger charge is 2.37. The maximum absolute atomic E-state index is 12.6. The maximum atomic E-state index is 12.6. The van der Waals surface area contributed by atoms with Crippen molar-refractivity contribution in [1.29, 1.82) is 0 Å². The number of thiazole rings is 1. The largest absolute Gasteiger partial charge is 0.454 e. The summed E-state index contributed by atoms with van der Waals surface area (Å²) in [5, 5.41) is 3.14. The Morgan fingerprint density at radius 2 is 1.93 bits per heavy atom. The van der Waals surface area contributed by atoms with Crippen molar-refractivity contribution in [2.75, 3.05) is 39.3 Å². The van der Waals surface area contributed by atoms with Gasteiger partial charge in [0.25, 0.3) is 11.8 Å². The average Bonchev–Trinajstić information content (AvgIpc) is 3.25. The molecule has 9 nitrogen and oxygen atoms in total. The third kappa shape index (κ3) is 3.63. The van der Waals surface area contributed by atoms with Gasteiger partial charge in [-0.1, -0.05) is 11.3 Å². The lowest BCUT2D eigenvalue weighted by molar-refractivity contribution is -0.123. The molecule has 10 heteroatoms. The molecule has 0 aliphatic carbocycles. The van der Waals surface area contributed by atoms with Gasteiger partial charge in [0.15, 0.2) is 16.6 Å². The summed E-state index contributed by atoms with van der Waals surface area (Å²) in [5.41, 5.74) is 1.08. The molecule has 2 aliphatic rings. The molecule has 1 fully saturated rings. The minimum Gasteiger partial charge on any atom is -0.454 e. The summed E-state index contributed by atoms with van der Waals surface area (Å²) in [4.78, 5) is 45.0. The number of anilines is 1. The van der Waals surface area contributed by atoms with Gasteiger partial charge in [0.1, 0.15) is 4.88 Å². The van der Waals surface area contributed by atoms with Gasteiger partial charge in [0.05, 0.1) is 11.6 Å². The zero-order chi connectivity index (χ0) is 20.7. The Morgan fingerprint density at radius 1 is 1.21 bits per heavy atom. The van der Waals surface area contributed by atoms with E-state index in [1.165, 1.54) is 4.90 Å². The first kappa shape index (κ1) is 19.2. The van der Waals surface area contributed by atoms with Gasteiger partial charge >= 0.3 is 0 Å². The minimum absolute atomic E-state index is 0.148. The van der Waals surface area contributed by atoms with Gasteiger partial charge in [-0.05, 0) is 25.1 Å². The topological polar surface area (TPSA) is 101 Å². The summed E-state index contributed by atoms with van der Waals surface area (Å²) < 4.78 is 10.5. The molecule has 4 rings (SSSR count). The van der Waals surface area contributed by atoms with E-state index in [0.717, 1.165) is 11.3 Å². The summed E-state index contributed by atoms with van der Waals surface area (Å²) in [6.07, 6.45) is 0. The molecule has 1 N–H and O–H groups in total. The Labute approximate surface area is 171 Å². The molecular weight excluding hydrogens is 396 g/mol. The van der Waals surface area contributed by atoms with Crippen LogP contribution in [0.3, 0.4) is 0 Å². The number of fused-ring (bicyclic) bond motifs is 1. The predicted molar refractivity (Wildman–Crippen MR) is 105 cm³/mol. The predicted octanol–water partition coefficient (Wildman–Crippen LogP) is 1.59. The van der Waals surface area contributed by atoms with Crippen LogP contribution in [0.2, 0.25) is 0 Å². The van der Waals surface area contributed by atoms with E-state index in [0.29, 0.717) is 45.9 Å². The monoisotopic (exact) mass is 416 g/mol. The molecule has 2 aliphatic heterocycles.